The number of hydrogen-bond donors (Lipinski definition) is 1. The van der Waals surface area contributed by atoms with Crippen molar-refractivity contribution in [1.82, 2.24) is 0 Å². The summed E-state index contributed by atoms with van der Waals surface area (Å²) in [5.74, 6) is 0. The van der Waals surface area contributed by atoms with Crippen LogP contribution in [-0.2, 0) is 0 Å². The largest absolute Gasteiger partial charge is 0.345 e. The average molecular weight is 333 g/mol. The minimum absolute atomic E-state index is 0.0324. The van der Waals surface area contributed by atoms with Crippen LogP contribution in [-0.4, -0.2) is 7.05 Å². The van der Waals surface area contributed by atoms with Gasteiger partial charge in [0.05, 0.1) is 0 Å². The molecule has 0 saturated heterocycles. The molecule has 2 rings (SSSR count). The third-order valence-corrected chi connectivity index (χ3v) is 4.14. The van der Waals surface area contributed by atoms with Crippen molar-refractivity contribution in [1.29, 1.82) is 0 Å². The Morgan fingerprint density at radius 3 is 2.10 bits per heavy atom. The molecule has 0 aromatic heterocycles. The maximum absolute atomic E-state index is 5.95. The highest BCUT2D eigenvalue weighted by molar-refractivity contribution is 9.10. The Morgan fingerprint density at radius 1 is 1.00 bits per heavy atom. The van der Waals surface area contributed by atoms with E-state index in [1.165, 1.54) is 16.8 Å². The molecule has 0 spiro atoms. The second kappa shape index (κ2) is 5.98. The first-order chi connectivity index (χ1) is 9.38. The molecular weight excluding hydrogens is 312 g/mol. The van der Waals surface area contributed by atoms with Crippen molar-refractivity contribution in [2.24, 2.45) is 5.73 Å². The molecule has 0 aliphatic rings. The molecule has 1 atom stereocenters. The molecule has 0 aliphatic carbocycles. The molecule has 106 valence electrons. The van der Waals surface area contributed by atoms with Gasteiger partial charge in [0.1, 0.15) is 0 Å². The van der Waals surface area contributed by atoms with Crippen molar-refractivity contribution in [3.63, 3.8) is 0 Å². The molecular formula is C17H21BrN2. The molecule has 3 heteroatoms. The number of hydrogen-bond acceptors (Lipinski definition) is 2. The third-order valence-electron chi connectivity index (χ3n) is 3.46. The monoisotopic (exact) mass is 332 g/mol. The van der Waals surface area contributed by atoms with Crippen molar-refractivity contribution in [3.8, 4) is 0 Å². The molecule has 0 saturated carbocycles. The Labute approximate surface area is 129 Å². The summed E-state index contributed by atoms with van der Waals surface area (Å²) in [4.78, 5) is 2.19. The second-order valence-corrected chi connectivity index (χ2v) is 6.25. The lowest BCUT2D eigenvalue weighted by molar-refractivity contribution is 0.813. The van der Waals surface area contributed by atoms with Crippen LogP contribution in [0.2, 0.25) is 0 Å². The summed E-state index contributed by atoms with van der Waals surface area (Å²) in [5.41, 5.74) is 12.0. The maximum Gasteiger partial charge on any atom is 0.0419 e. The molecule has 2 aromatic rings. The fraction of sp³-hybridized carbons (Fsp3) is 0.294. The summed E-state index contributed by atoms with van der Waals surface area (Å²) in [7, 11) is 2.08. The number of benzene rings is 2. The highest BCUT2D eigenvalue weighted by Gasteiger charge is 2.10. The van der Waals surface area contributed by atoms with E-state index in [4.69, 9.17) is 5.73 Å². The van der Waals surface area contributed by atoms with E-state index in [0.717, 1.165) is 15.7 Å². The van der Waals surface area contributed by atoms with Crippen LogP contribution in [0.15, 0.2) is 40.9 Å². The predicted molar refractivity (Wildman–Crippen MR) is 90.7 cm³/mol. The number of anilines is 2. The zero-order chi connectivity index (χ0) is 14.9. The number of rotatable bonds is 3. The lowest BCUT2D eigenvalue weighted by Crippen LogP contribution is -2.11. The number of nitrogens with zero attached hydrogens (tertiary/aromatic N) is 1. The van der Waals surface area contributed by atoms with Crippen molar-refractivity contribution < 1.29 is 0 Å². The molecule has 20 heavy (non-hydrogen) atoms. The maximum atomic E-state index is 5.95. The van der Waals surface area contributed by atoms with Crippen LogP contribution in [0.5, 0.6) is 0 Å². The van der Waals surface area contributed by atoms with Crippen molar-refractivity contribution in [2.45, 2.75) is 26.8 Å². The molecule has 0 heterocycles. The molecule has 0 fully saturated rings. The zero-order valence-electron chi connectivity index (χ0n) is 12.4. The first kappa shape index (κ1) is 15.1. The Bertz CT molecular complexity index is 600. The van der Waals surface area contributed by atoms with Gasteiger partial charge in [0.15, 0.2) is 0 Å². The van der Waals surface area contributed by atoms with E-state index < -0.39 is 0 Å². The van der Waals surface area contributed by atoms with Crippen LogP contribution in [0.1, 0.15) is 29.7 Å². The molecule has 1 unspecified atom stereocenters. The Hall–Kier alpha value is -1.32. The number of nitrogens with two attached hydrogens (primary N) is 1. The van der Waals surface area contributed by atoms with Gasteiger partial charge in [0.25, 0.3) is 0 Å². The second-order valence-electron chi connectivity index (χ2n) is 5.40. The third kappa shape index (κ3) is 3.22. The van der Waals surface area contributed by atoms with E-state index in [1.54, 1.807) is 0 Å². The summed E-state index contributed by atoms with van der Waals surface area (Å²) in [6.45, 7) is 6.24. The topological polar surface area (TPSA) is 29.3 Å². The van der Waals surface area contributed by atoms with Gasteiger partial charge < -0.3 is 10.6 Å². The normalized spacial score (nSPS) is 12.3. The van der Waals surface area contributed by atoms with Gasteiger partial charge in [-0.2, -0.15) is 0 Å². The van der Waals surface area contributed by atoms with Crippen LogP contribution >= 0.6 is 15.9 Å². The molecule has 0 amide bonds. The van der Waals surface area contributed by atoms with Crippen LogP contribution in [0.4, 0.5) is 11.4 Å². The summed E-state index contributed by atoms with van der Waals surface area (Å²) >= 11 is 3.61. The fourth-order valence-electron chi connectivity index (χ4n) is 2.39. The molecule has 0 radical (unpaired) electrons. The van der Waals surface area contributed by atoms with Gasteiger partial charge in [-0.1, -0.05) is 28.1 Å². The quantitative estimate of drug-likeness (QED) is 0.870. The van der Waals surface area contributed by atoms with Gasteiger partial charge in [0.2, 0.25) is 0 Å². The summed E-state index contributed by atoms with van der Waals surface area (Å²) in [6.07, 6.45) is 0. The van der Waals surface area contributed by atoms with E-state index in [-0.39, 0.29) is 6.04 Å². The molecule has 2 nitrogen and oxygen atoms in total. The number of aryl methyl sites for hydroxylation is 2. The standard InChI is InChI=1S/C17H21BrN2/c1-11-7-12(2)9-15(8-11)20(4)14-5-6-16(13(3)19)17(18)10-14/h5-10,13H,19H2,1-4H3. The predicted octanol–water partition coefficient (Wildman–Crippen LogP) is 4.85. The van der Waals surface area contributed by atoms with Crippen molar-refractivity contribution in [3.05, 3.63) is 57.6 Å². The fourth-order valence-corrected chi connectivity index (χ4v) is 3.12. The van der Waals surface area contributed by atoms with E-state index >= 15 is 0 Å². The van der Waals surface area contributed by atoms with E-state index in [9.17, 15) is 0 Å². The zero-order valence-corrected chi connectivity index (χ0v) is 14.0. The Balaban J connectivity index is 2.38. The smallest absolute Gasteiger partial charge is 0.0419 e. The highest BCUT2D eigenvalue weighted by Crippen LogP contribution is 2.31. The minimum atomic E-state index is 0.0324. The Morgan fingerprint density at radius 2 is 1.60 bits per heavy atom. The van der Waals surface area contributed by atoms with Crippen LogP contribution in [0, 0.1) is 13.8 Å². The molecule has 0 aliphatic heterocycles. The molecule has 0 bridgehead atoms. The average Bonchev–Trinajstić information content (AvgIpc) is 2.36. The van der Waals surface area contributed by atoms with Gasteiger partial charge >= 0.3 is 0 Å². The molecule has 2 aromatic carbocycles. The van der Waals surface area contributed by atoms with E-state index in [1.807, 2.05) is 6.92 Å². The van der Waals surface area contributed by atoms with Crippen molar-refractivity contribution in [2.75, 3.05) is 11.9 Å². The van der Waals surface area contributed by atoms with Crippen LogP contribution in [0.3, 0.4) is 0 Å². The SMILES string of the molecule is Cc1cc(C)cc(N(C)c2ccc(C(C)N)c(Br)c2)c1. The van der Waals surface area contributed by atoms with Crippen molar-refractivity contribution >= 4 is 27.3 Å². The van der Waals surface area contributed by atoms with Crippen LogP contribution in [0.25, 0.3) is 0 Å². The summed E-state index contributed by atoms with van der Waals surface area (Å²) < 4.78 is 1.06. The van der Waals surface area contributed by atoms with Gasteiger partial charge in [-0.3, -0.25) is 0 Å². The minimum Gasteiger partial charge on any atom is -0.345 e. The lowest BCUT2D eigenvalue weighted by atomic mass is 10.1. The summed E-state index contributed by atoms with van der Waals surface area (Å²) in [6, 6.07) is 12.9. The van der Waals surface area contributed by atoms with E-state index in [2.05, 4.69) is 78.1 Å². The van der Waals surface area contributed by atoms with Gasteiger partial charge in [-0.25, -0.2) is 0 Å². The van der Waals surface area contributed by atoms with Gasteiger partial charge in [-0.05, 0) is 61.7 Å². The Kier molecular flexibility index (Phi) is 4.51. The molecule has 2 N–H and O–H groups in total. The van der Waals surface area contributed by atoms with Gasteiger partial charge in [-0.15, -0.1) is 0 Å². The van der Waals surface area contributed by atoms with Crippen LogP contribution < -0.4 is 10.6 Å². The number of halogens is 1. The van der Waals surface area contributed by atoms with Gasteiger partial charge in [0, 0.05) is 28.9 Å². The lowest BCUT2D eigenvalue weighted by Gasteiger charge is -2.22. The first-order valence-corrected chi connectivity index (χ1v) is 7.55. The first-order valence-electron chi connectivity index (χ1n) is 6.75. The highest BCUT2D eigenvalue weighted by atomic mass is 79.9. The summed E-state index contributed by atoms with van der Waals surface area (Å²) in [5, 5.41) is 0. The van der Waals surface area contributed by atoms with E-state index in [0.29, 0.717) is 0 Å².